The van der Waals surface area contributed by atoms with Crippen LogP contribution in [0.15, 0.2) is 64.8 Å². The number of aromatic amines is 1. The van der Waals surface area contributed by atoms with Crippen molar-refractivity contribution in [3.63, 3.8) is 0 Å². The van der Waals surface area contributed by atoms with Crippen molar-refractivity contribution in [2.45, 2.75) is 0 Å². The number of hydrogen-bond acceptors (Lipinski definition) is 8. The standard InChI is InChI=1S/C22H13ClN6O4S/c23-14-4-6-15(7-5-14)26-22-27-19(17(10-24)21(31)28-22)12-2-1-3-16(8-12)25-20(30)13-9-18(29(32)33)34-11-13/h1-9,11H,(H,25,30)(H2,26,27,28,31). The van der Waals surface area contributed by atoms with E-state index in [0.29, 0.717) is 22.0 Å². The van der Waals surface area contributed by atoms with Gasteiger partial charge in [-0.05, 0) is 36.4 Å². The molecule has 0 bridgehead atoms. The van der Waals surface area contributed by atoms with Crippen LogP contribution in [0.5, 0.6) is 0 Å². The maximum Gasteiger partial charge on any atom is 0.324 e. The molecule has 0 saturated carbocycles. The van der Waals surface area contributed by atoms with E-state index in [0.717, 1.165) is 11.3 Å². The van der Waals surface area contributed by atoms with Crippen LogP contribution in [0, 0.1) is 21.4 Å². The van der Waals surface area contributed by atoms with Crippen LogP contribution in [0.4, 0.5) is 22.3 Å². The zero-order chi connectivity index (χ0) is 24.2. The van der Waals surface area contributed by atoms with E-state index >= 15 is 0 Å². The van der Waals surface area contributed by atoms with Gasteiger partial charge in [-0.1, -0.05) is 35.1 Å². The lowest BCUT2D eigenvalue weighted by Crippen LogP contribution is -2.16. The summed E-state index contributed by atoms with van der Waals surface area (Å²) in [5.41, 5.74) is 0.815. The predicted molar refractivity (Wildman–Crippen MR) is 129 cm³/mol. The summed E-state index contributed by atoms with van der Waals surface area (Å²) in [5.74, 6) is -0.424. The fraction of sp³-hybridized carbons (Fsp3) is 0. The van der Waals surface area contributed by atoms with Gasteiger partial charge in [-0.15, -0.1) is 0 Å². The number of aromatic nitrogens is 2. The maximum atomic E-state index is 12.5. The number of anilines is 3. The smallest absolute Gasteiger partial charge is 0.324 e. The van der Waals surface area contributed by atoms with Crippen molar-refractivity contribution >= 4 is 51.2 Å². The molecule has 3 N–H and O–H groups in total. The van der Waals surface area contributed by atoms with E-state index in [1.807, 2.05) is 6.07 Å². The van der Waals surface area contributed by atoms with E-state index in [1.54, 1.807) is 48.5 Å². The van der Waals surface area contributed by atoms with Crippen LogP contribution in [-0.4, -0.2) is 20.8 Å². The number of rotatable bonds is 6. The molecule has 0 aliphatic carbocycles. The van der Waals surface area contributed by atoms with Gasteiger partial charge < -0.3 is 10.6 Å². The quantitative estimate of drug-likeness (QED) is 0.254. The van der Waals surface area contributed by atoms with Crippen molar-refractivity contribution in [3.05, 3.63) is 96.6 Å². The van der Waals surface area contributed by atoms with Crippen LogP contribution in [0.1, 0.15) is 15.9 Å². The van der Waals surface area contributed by atoms with E-state index in [2.05, 4.69) is 20.6 Å². The summed E-state index contributed by atoms with van der Waals surface area (Å²) in [5, 5.41) is 27.8. The molecule has 4 aromatic rings. The van der Waals surface area contributed by atoms with E-state index in [-0.39, 0.29) is 27.8 Å². The minimum absolute atomic E-state index is 0.112. The van der Waals surface area contributed by atoms with Crippen LogP contribution in [0.2, 0.25) is 5.02 Å². The third kappa shape index (κ3) is 4.93. The van der Waals surface area contributed by atoms with Crippen LogP contribution >= 0.6 is 22.9 Å². The largest absolute Gasteiger partial charge is 0.326 e. The molecule has 2 heterocycles. The summed E-state index contributed by atoms with van der Waals surface area (Å²) < 4.78 is 0. The lowest BCUT2D eigenvalue weighted by Gasteiger charge is -2.10. The molecule has 2 aromatic carbocycles. The molecular weight excluding hydrogens is 480 g/mol. The van der Waals surface area contributed by atoms with Crippen molar-refractivity contribution in [2.75, 3.05) is 10.6 Å². The van der Waals surface area contributed by atoms with E-state index < -0.39 is 16.4 Å². The van der Waals surface area contributed by atoms with Crippen molar-refractivity contribution in [3.8, 4) is 17.3 Å². The van der Waals surface area contributed by atoms with Crippen molar-refractivity contribution in [1.29, 1.82) is 5.26 Å². The Bertz CT molecular complexity index is 1510. The summed E-state index contributed by atoms with van der Waals surface area (Å²) >= 11 is 6.74. The van der Waals surface area contributed by atoms with Crippen LogP contribution in [0.25, 0.3) is 11.3 Å². The van der Waals surface area contributed by atoms with Crippen LogP contribution in [-0.2, 0) is 0 Å². The Balaban J connectivity index is 1.65. The number of benzene rings is 2. The van der Waals surface area contributed by atoms with Gasteiger partial charge in [0.15, 0.2) is 0 Å². The second kappa shape index (κ2) is 9.53. The van der Waals surface area contributed by atoms with Crippen molar-refractivity contribution < 1.29 is 9.72 Å². The molecule has 4 rings (SSSR count). The van der Waals surface area contributed by atoms with Gasteiger partial charge >= 0.3 is 5.00 Å². The SMILES string of the molecule is N#Cc1c(-c2cccc(NC(=O)c3csc([N+](=O)[O-])c3)c2)nc(Nc2ccc(Cl)cc2)[nH]c1=O. The molecule has 0 atom stereocenters. The van der Waals surface area contributed by atoms with Gasteiger partial charge in [-0.25, -0.2) is 4.98 Å². The molecule has 0 aliphatic heterocycles. The molecule has 34 heavy (non-hydrogen) atoms. The van der Waals surface area contributed by atoms with Gasteiger partial charge in [0.1, 0.15) is 11.6 Å². The molecule has 10 nitrogen and oxygen atoms in total. The summed E-state index contributed by atoms with van der Waals surface area (Å²) in [6, 6.07) is 16.2. The fourth-order valence-corrected chi connectivity index (χ4v) is 3.83. The summed E-state index contributed by atoms with van der Waals surface area (Å²) in [7, 11) is 0. The molecular formula is C22H13ClN6O4S. The fourth-order valence-electron chi connectivity index (χ4n) is 3.00. The second-order valence-corrected chi connectivity index (χ2v) is 8.17. The molecule has 0 unspecified atom stereocenters. The number of thiophene rings is 1. The Morgan fingerprint density at radius 1 is 1.18 bits per heavy atom. The van der Waals surface area contributed by atoms with Crippen molar-refractivity contribution in [1.82, 2.24) is 9.97 Å². The zero-order valence-corrected chi connectivity index (χ0v) is 18.6. The molecule has 0 radical (unpaired) electrons. The van der Waals surface area contributed by atoms with Gasteiger partial charge in [0.25, 0.3) is 11.5 Å². The number of amides is 1. The van der Waals surface area contributed by atoms with E-state index in [1.165, 1.54) is 11.4 Å². The Morgan fingerprint density at radius 2 is 1.94 bits per heavy atom. The van der Waals surface area contributed by atoms with Crippen LogP contribution < -0.4 is 16.2 Å². The first-order chi connectivity index (χ1) is 16.3. The number of nitriles is 1. The number of carbonyl (C=O) groups excluding carboxylic acids is 1. The first-order valence-electron chi connectivity index (χ1n) is 9.56. The van der Waals surface area contributed by atoms with Gasteiger partial charge in [0.2, 0.25) is 5.95 Å². The highest BCUT2D eigenvalue weighted by atomic mass is 35.5. The third-order valence-corrected chi connectivity index (χ3v) is 5.69. The van der Waals surface area contributed by atoms with Gasteiger partial charge in [0, 0.05) is 33.4 Å². The Hall–Kier alpha value is -4.53. The normalized spacial score (nSPS) is 10.4. The van der Waals surface area contributed by atoms with Gasteiger partial charge in [-0.2, -0.15) is 5.26 Å². The van der Waals surface area contributed by atoms with Gasteiger partial charge in [-0.3, -0.25) is 24.7 Å². The molecule has 1 amide bonds. The Morgan fingerprint density at radius 3 is 2.62 bits per heavy atom. The molecule has 0 spiro atoms. The molecule has 0 aliphatic rings. The first kappa shape index (κ1) is 22.7. The number of carbonyl (C=O) groups is 1. The number of nitro groups is 1. The first-order valence-corrected chi connectivity index (χ1v) is 10.8. The van der Waals surface area contributed by atoms with E-state index in [4.69, 9.17) is 11.6 Å². The number of H-pyrrole nitrogens is 1. The average molecular weight is 493 g/mol. The average Bonchev–Trinajstić information content (AvgIpc) is 3.31. The predicted octanol–water partition coefficient (Wildman–Crippen LogP) is 4.93. The number of halogens is 1. The lowest BCUT2D eigenvalue weighted by molar-refractivity contribution is -0.380. The summed E-state index contributed by atoms with van der Waals surface area (Å²) in [4.78, 5) is 42.2. The molecule has 0 fully saturated rings. The van der Waals surface area contributed by atoms with Gasteiger partial charge in [0.05, 0.1) is 16.2 Å². The van der Waals surface area contributed by atoms with E-state index in [9.17, 15) is 25.0 Å². The Labute approximate surface area is 200 Å². The minimum atomic E-state index is -0.635. The molecule has 2 aromatic heterocycles. The molecule has 12 heteroatoms. The second-order valence-electron chi connectivity index (χ2n) is 6.85. The molecule has 168 valence electrons. The third-order valence-electron chi connectivity index (χ3n) is 4.56. The number of hydrogen-bond donors (Lipinski definition) is 3. The zero-order valence-electron chi connectivity index (χ0n) is 17.0. The highest BCUT2D eigenvalue weighted by Crippen LogP contribution is 2.26. The minimum Gasteiger partial charge on any atom is -0.326 e. The number of nitrogens with zero attached hydrogens (tertiary/aromatic N) is 3. The topological polar surface area (TPSA) is 154 Å². The summed E-state index contributed by atoms with van der Waals surface area (Å²) in [6.07, 6.45) is 0. The number of nitrogens with one attached hydrogen (secondary N) is 3. The van der Waals surface area contributed by atoms with Crippen molar-refractivity contribution in [2.24, 2.45) is 0 Å². The monoisotopic (exact) mass is 492 g/mol. The van der Waals surface area contributed by atoms with Crippen LogP contribution in [0.3, 0.4) is 0 Å². The molecule has 0 saturated heterocycles. The Kier molecular flexibility index (Phi) is 6.35. The highest BCUT2D eigenvalue weighted by Gasteiger charge is 2.17. The maximum absolute atomic E-state index is 12.5. The highest BCUT2D eigenvalue weighted by molar-refractivity contribution is 7.13. The summed E-state index contributed by atoms with van der Waals surface area (Å²) in [6.45, 7) is 0. The lowest BCUT2D eigenvalue weighted by atomic mass is 10.1.